The van der Waals surface area contributed by atoms with Gasteiger partial charge in [0.05, 0.1) is 6.10 Å². The molecule has 0 bridgehead atoms. The van der Waals surface area contributed by atoms with Crippen LogP contribution in [0, 0.1) is 12.8 Å². The van der Waals surface area contributed by atoms with Crippen LogP contribution in [0.4, 0.5) is 0 Å². The minimum Gasteiger partial charge on any atom is -0.387 e. The van der Waals surface area contributed by atoms with E-state index in [-0.39, 0.29) is 0 Å². The Morgan fingerprint density at radius 2 is 1.81 bits per heavy atom. The predicted molar refractivity (Wildman–Crippen MR) is 68.5 cm³/mol. The lowest BCUT2D eigenvalue weighted by molar-refractivity contribution is 0.173. The number of aryl methyl sites for hydroxylation is 1. The Bertz CT molecular complexity index is 294. The molecular weight excluding hydrogens is 198 g/mol. The highest BCUT2D eigenvalue weighted by Crippen LogP contribution is 2.12. The number of aliphatic hydroxyl groups excluding tert-OH is 1. The second-order valence-electron chi connectivity index (χ2n) is 4.60. The number of benzene rings is 1. The fourth-order valence-corrected chi connectivity index (χ4v) is 1.52. The van der Waals surface area contributed by atoms with E-state index < -0.39 is 6.10 Å². The predicted octanol–water partition coefficient (Wildman–Crippen LogP) is 2.66. The van der Waals surface area contributed by atoms with Crippen molar-refractivity contribution < 1.29 is 5.11 Å². The summed E-state index contributed by atoms with van der Waals surface area (Å²) < 4.78 is 0. The zero-order valence-corrected chi connectivity index (χ0v) is 10.5. The third kappa shape index (κ3) is 4.33. The summed E-state index contributed by atoms with van der Waals surface area (Å²) in [5.41, 5.74) is 2.21. The molecule has 2 nitrogen and oxygen atoms in total. The minimum absolute atomic E-state index is 0.398. The van der Waals surface area contributed by atoms with E-state index in [9.17, 15) is 5.11 Å². The second kappa shape index (κ2) is 6.66. The summed E-state index contributed by atoms with van der Waals surface area (Å²) in [5.74, 6) is 0.671. The van der Waals surface area contributed by atoms with Gasteiger partial charge < -0.3 is 10.4 Å². The monoisotopic (exact) mass is 221 g/mol. The molecule has 0 saturated carbocycles. The van der Waals surface area contributed by atoms with Crippen LogP contribution in [0.5, 0.6) is 0 Å². The molecule has 2 N–H and O–H groups in total. The molecule has 2 atom stereocenters. The van der Waals surface area contributed by atoms with E-state index in [1.807, 2.05) is 24.3 Å². The van der Waals surface area contributed by atoms with Crippen LogP contribution in [0.1, 0.15) is 37.5 Å². The molecule has 0 aromatic heterocycles. The van der Waals surface area contributed by atoms with Gasteiger partial charge in [0.1, 0.15) is 0 Å². The van der Waals surface area contributed by atoms with E-state index >= 15 is 0 Å². The van der Waals surface area contributed by atoms with E-state index in [4.69, 9.17) is 0 Å². The smallest absolute Gasteiger partial charge is 0.0914 e. The Balaban J connectivity index is 2.35. The van der Waals surface area contributed by atoms with Gasteiger partial charge in [0.2, 0.25) is 0 Å². The number of hydrogen-bond donors (Lipinski definition) is 2. The van der Waals surface area contributed by atoms with E-state index in [2.05, 4.69) is 26.1 Å². The quantitative estimate of drug-likeness (QED) is 0.774. The molecular formula is C14H23NO. The Kier molecular flexibility index (Phi) is 5.50. The maximum absolute atomic E-state index is 9.93. The Morgan fingerprint density at radius 1 is 1.19 bits per heavy atom. The van der Waals surface area contributed by atoms with Crippen LogP contribution in [0.3, 0.4) is 0 Å². The van der Waals surface area contributed by atoms with Crippen LogP contribution >= 0.6 is 0 Å². The second-order valence-corrected chi connectivity index (χ2v) is 4.60. The van der Waals surface area contributed by atoms with Crippen molar-refractivity contribution in [2.75, 3.05) is 13.1 Å². The normalized spacial score (nSPS) is 14.8. The molecule has 1 aromatic rings. The third-order valence-electron chi connectivity index (χ3n) is 2.99. The van der Waals surface area contributed by atoms with Crippen LogP contribution in [0.25, 0.3) is 0 Å². The number of rotatable bonds is 6. The molecule has 0 radical (unpaired) electrons. The SMILES string of the molecule is CCC(C)CNCC(O)c1ccc(C)cc1. The molecule has 0 saturated heterocycles. The lowest BCUT2D eigenvalue weighted by Crippen LogP contribution is -2.26. The van der Waals surface area contributed by atoms with Gasteiger partial charge in [-0.2, -0.15) is 0 Å². The first kappa shape index (κ1) is 13.2. The third-order valence-corrected chi connectivity index (χ3v) is 2.99. The molecule has 1 rings (SSSR count). The number of nitrogens with one attached hydrogen (secondary N) is 1. The molecule has 0 aliphatic carbocycles. The molecule has 0 heterocycles. The van der Waals surface area contributed by atoms with E-state index in [0.29, 0.717) is 12.5 Å². The fourth-order valence-electron chi connectivity index (χ4n) is 1.52. The lowest BCUT2D eigenvalue weighted by atomic mass is 10.1. The van der Waals surface area contributed by atoms with Gasteiger partial charge in [-0.15, -0.1) is 0 Å². The maximum Gasteiger partial charge on any atom is 0.0914 e. The van der Waals surface area contributed by atoms with Gasteiger partial charge in [-0.05, 0) is 24.9 Å². The Morgan fingerprint density at radius 3 is 2.38 bits per heavy atom. The zero-order chi connectivity index (χ0) is 12.0. The molecule has 2 heteroatoms. The molecule has 1 aromatic carbocycles. The number of hydrogen-bond acceptors (Lipinski definition) is 2. The van der Waals surface area contributed by atoms with Crippen molar-refractivity contribution in [3.63, 3.8) is 0 Å². The van der Waals surface area contributed by atoms with Crippen molar-refractivity contribution in [3.8, 4) is 0 Å². The summed E-state index contributed by atoms with van der Waals surface area (Å²) in [6.07, 6.45) is 0.776. The molecule has 2 unspecified atom stereocenters. The van der Waals surface area contributed by atoms with Gasteiger partial charge in [-0.3, -0.25) is 0 Å². The fraction of sp³-hybridized carbons (Fsp3) is 0.571. The van der Waals surface area contributed by atoms with Crippen molar-refractivity contribution in [2.24, 2.45) is 5.92 Å². The highest BCUT2D eigenvalue weighted by atomic mass is 16.3. The first-order valence-electron chi connectivity index (χ1n) is 6.08. The lowest BCUT2D eigenvalue weighted by Gasteiger charge is -2.14. The molecule has 16 heavy (non-hydrogen) atoms. The van der Waals surface area contributed by atoms with Gasteiger partial charge in [0.15, 0.2) is 0 Å². The molecule has 0 aliphatic rings. The van der Waals surface area contributed by atoms with E-state index in [1.54, 1.807) is 0 Å². The van der Waals surface area contributed by atoms with Crippen LogP contribution in [0.2, 0.25) is 0 Å². The van der Waals surface area contributed by atoms with Crippen LogP contribution < -0.4 is 5.32 Å². The summed E-state index contributed by atoms with van der Waals surface area (Å²) in [7, 11) is 0. The van der Waals surface area contributed by atoms with E-state index in [0.717, 1.165) is 12.1 Å². The van der Waals surface area contributed by atoms with Crippen molar-refractivity contribution >= 4 is 0 Å². The maximum atomic E-state index is 9.93. The molecule has 90 valence electrons. The molecule has 0 amide bonds. The molecule has 0 aliphatic heterocycles. The standard InChI is InChI=1S/C14H23NO/c1-4-11(2)9-15-10-14(16)13-7-5-12(3)6-8-13/h5-8,11,14-16H,4,9-10H2,1-3H3. The first-order valence-corrected chi connectivity index (χ1v) is 6.08. The average molecular weight is 221 g/mol. The topological polar surface area (TPSA) is 32.3 Å². The van der Waals surface area contributed by atoms with Crippen molar-refractivity contribution in [1.29, 1.82) is 0 Å². The van der Waals surface area contributed by atoms with Crippen LogP contribution in [0.15, 0.2) is 24.3 Å². The van der Waals surface area contributed by atoms with E-state index in [1.165, 1.54) is 12.0 Å². The summed E-state index contributed by atoms with van der Waals surface area (Å²) in [6, 6.07) is 8.05. The Labute approximate surface area is 98.7 Å². The zero-order valence-electron chi connectivity index (χ0n) is 10.5. The first-order chi connectivity index (χ1) is 7.63. The molecule has 0 spiro atoms. The minimum atomic E-state index is -0.398. The van der Waals surface area contributed by atoms with Gasteiger partial charge in [0, 0.05) is 6.54 Å². The van der Waals surface area contributed by atoms with Crippen LogP contribution in [-0.2, 0) is 0 Å². The average Bonchev–Trinajstić information content (AvgIpc) is 2.29. The van der Waals surface area contributed by atoms with Crippen molar-refractivity contribution in [3.05, 3.63) is 35.4 Å². The van der Waals surface area contributed by atoms with Gasteiger partial charge in [-0.1, -0.05) is 50.1 Å². The van der Waals surface area contributed by atoms with Gasteiger partial charge in [0.25, 0.3) is 0 Å². The highest BCUT2D eigenvalue weighted by Gasteiger charge is 2.07. The summed E-state index contributed by atoms with van der Waals surface area (Å²) in [6.45, 7) is 8.05. The largest absolute Gasteiger partial charge is 0.387 e. The summed E-state index contributed by atoms with van der Waals surface area (Å²) in [4.78, 5) is 0. The van der Waals surface area contributed by atoms with Crippen molar-refractivity contribution in [1.82, 2.24) is 5.32 Å². The summed E-state index contributed by atoms with van der Waals surface area (Å²) in [5, 5.41) is 13.2. The Hall–Kier alpha value is -0.860. The van der Waals surface area contributed by atoms with Gasteiger partial charge in [-0.25, -0.2) is 0 Å². The van der Waals surface area contributed by atoms with Gasteiger partial charge >= 0.3 is 0 Å². The van der Waals surface area contributed by atoms with Crippen LogP contribution in [-0.4, -0.2) is 18.2 Å². The summed E-state index contributed by atoms with van der Waals surface area (Å²) >= 11 is 0. The molecule has 0 fully saturated rings. The van der Waals surface area contributed by atoms with Crippen molar-refractivity contribution in [2.45, 2.75) is 33.3 Å². The highest BCUT2D eigenvalue weighted by molar-refractivity contribution is 5.23. The number of aliphatic hydroxyl groups is 1.